The zero-order valence-corrected chi connectivity index (χ0v) is 24.0. The number of aliphatic hydroxyl groups is 1. The SMILES string of the molecule is CNC(=O)CCC(=O)OB(OCC(=O)O)[C@H](CC(C)C)NC(=O)C(NC(=O)c1cccc(-c2ccccc2)n1)[C@@H](C)O. The minimum absolute atomic E-state index is 0.0150. The summed E-state index contributed by atoms with van der Waals surface area (Å²) >= 11 is 0. The van der Waals surface area contributed by atoms with Crippen molar-refractivity contribution in [1.82, 2.24) is 20.9 Å². The Bertz CT molecular complexity index is 1230. The Kier molecular flexibility index (Phi) is 13.6. The minimum Gasteiger partial charge on any atom is -0.508 e. The molecule has 226 valence electrons. The quantitative estimate of drug-likeness (QED) is 0.178. The molecule has 1 unspecified atom stereocenters. The maximum atomic E-state index is 13.3. The fraction of sp³-hybridized carbons (Fsp3) is 0.429. The van der Waals surface area contributed by atoms with Gasteiger partial charge in [-0.05, 0) is 31.4 Å². The van der Waals surface area contributed by atoms with Gasteiger partial charge in [0.2, 0.25) is 11.8 Å². The lowest BCUT2D eigenvalue weighted by molar-refractivity contribution is -0.142. The molecule has 2 rings (SSSR count). The predicted octanol–water partition coefficient (Wildman–Crippen LogP) is 0.957. The van der Waals surface area contributed by atoms with Crippen molar-refractivity contribution in [2.24, 2.45) is 5.92 Å². The highest BCUT2D eigenvalue weighted by atomic mass is 16.6. The molecule has 0 bridgehead atoms. The molecule has 14 heteroatoms. The molecule has 1 heterocycles. The van der Waals surface area contributed by atoms with E-state index in [0.717, 1.165) is 5.56 Å². The van der Waals surface area contributed by atoms with Gasteiger partial charge in [-0.3, -0.25) is 19.2 Å². The number of carbonyl (C=O) groups excluding carboxylic acids is 4. The zero-order valence-electron chi connectivity index (χ0n) is 24.0. The molecule has 5 N–H and O–H groups in total. The Hall–Kier alpha value is -4.30. The van der Waals surface area contributed by atoms with Crippen LogP contribution in [0.5, 0.6) is 0 Å². The van der Waals surface area contributed by atoms with E-state index < -0.39 is 61.5 Å². The second kappa shape index (κ2) is 16.8. The van der Waals surface area contributed by atoms with E-state index in [-0.39, 0.29) is 30.9 Å². The first kappa shape index (κ1) is 33.9. The van der Waals surface area contributed by atoms with E-state index in [0.29, 0.717) is 5.69 Å². The normalized spacial score (nSPS) is 12.9. The topological polar surface area (TPSA) is 193 Å². The summed E-state index contributed by atoms with van der Waals surface area (Å²) < 4.78 is 10.6. The Balaban J connectivity index is 2.23. The first-order valence-corrected chi connectivity index (χ1v) is 13.5. The summed E-state index contributed by atoms with van der Waals surface area (Å²) in [5.41, 5.74) is 1.34. The number of carboxylic acid groups (broad SMARTS) is 1. The number of rotatable bonds is 16. The average Bonchev–Trinajstić information content (AvgIpc) is 2.96. The van der Waals surface area contributed by atoms with E-state index in [9.17, 15) is 29.1 Å². The number of carbonyl (C=O) groups is 5. The van der Waals surface area contributed by atoms with E-state index in [2.05, 4.69) is 20.9 Å². The third-order valence-electron chi connectivity index (χ3n) is 5.94. The van der Waals surface area contributed by atoms with Crippen LogP contribution in [0.15, 0.2) is 48.5 Å². The Labute approximate surface area is 244 Å². The molecule has 0 spiro atoms. The highest BCUT2D eigenvalue weighted by Gasteiger charge is 2.39. The number of hydrogen-bond acceptors (Lipinski definition) is 9. The van der Waals surface area contributed by atoms with Crippen LogP contribution >= 0.6 is 0 Å². The van der Waals surface area contributed by atoms with Gasteiger partial charge in [-0.15, -0.1) is 0 Å². The number of amides is 3. The monoisotopic (exact) mass is 584 g/mol. The summed E-state index contributed by atoms with van der Waals surface area (Å²) in [6, 6.07) is 12.6. The van der Waals surface area contributed by atoms with Gasteiger partial charge in [-0.2, -0.15) is 0 Å². The number of hydrogen-bond donors (Lipinski definition) is 5. The number of aliphatic hydroxyl groups excluding tert-OH is 1. The fourth-order valence-corrected chi connectivity index (χ4v) is 3.88. The first-order valence-electron chi connectivity index (χ1n) is 13.5. The van der Waals surface area contributed by atoms with Crippen molar-refractivity contribution in [1.29, 1.82) is 0 Å². The van der Waals surface area contributed by atoms with Crippen LogP contribution in [0.25, 0.3) is 11.3 Å². The van der Waals surface area contributed by atoms with Crippen LogP contribution in [-0.4, -0.2) is 83.7 Å². The Morgan fingerprint density at radius 3 is 2.24 bits per heavy atom. The van der Waals surface area contributed by atoms with Gasteiger partial charge in [0.15, 0.2) is 0 Å². The molecule has 42 heavy (non-hydrogen) atoms. The smallest absolute Gasteiger partial charge is 0.508 e. The van der Waals surface area contributed by atoms with Gasteiger partial charge in [0.25, 0.3) is 11.9 Å². The molecule has 0 fully saturated rings. The molecule has 0 saturated heterocycles. The van der Waals surface area contributed by atoms with E-state index in [4.69, 9.17) is 14.4 Å². The largest absolute Gasteiger partial charge is 0.551 e. The third kappa shape index (κ3) is 11.3. The minimum atomic E-state index is -1.53. The number of nitrogens with zero attached hydrogens (tertiary/aromatic N) is 1. The van der Waals surface area contributed by atoms with Gasteiger partial charge in [0.05, 0.1) is 24.2 Å². The lowest BCUT2D eigenvalue weighted by Crippen LogP contribution is -2.58. The summed E-state index contributed by atoms with van der Waals surface area (Å²) in [6.07, 6.45) is -1.65. The van der Waals surface area contributed by atoms with Crippen LogP contribution in [0.1, 0.15) is 50.5 Å². The van der Waals surface area contributed by atoms with Crippen LogP contribution in [-0.2, 0) is 28.5 Å². The van der Waals surface area contributed by atoms with Crippen molar-refractivity contribution in [3.63, 3.8) is 0 Å². The van der Waals surface area contributed by atoms with E-state index in [1.165, 1.54) is 20.0 Å². The number of pyridine rings is 1. The first-order chi connectivity index (χ1) is 19.9. The lowest BCUT2D eigenvalue weighted by Gasteiger charge is -2.28. The lowest BCUT2D eigenvalue weighted by atomic mass is 9.73. The summed E-state index contributed by atoms with van der Waals surface area (Å²) in [5.74, 6) is -5.26. The molecule has 2 aromatic rings. The summed E-state index contributed by atoms with van der Waals surface area (Å²) in [5, 5.41) is 27.0. The van der Waals surface area contributed by atoms with Crippen LogP contribution in [0.4, 0.5) is 0 Å². The van der Waals surface area contributed by atoms with Gasteiger partial charge in [0, 0.05) is 19.0 Å². The third-order valence-corrected chi connectivity index (χ3v) is 5.94. The molecule has 0 radical (unpaired) electrons. The second-order valence-electron chi connectivity index (χ2n) is 9.95. The zero-order chi connectivity index (χ0) is 31.2. The molecule has 0 aliphatic rings. The Morgan fingerprint density at radius 1 is 0.952 bits per heavy atom. The average molecular weight is 584 g/mol. The molecule has 0 aliphatic heterocycles. The standard InChI is InChI=1S/C28H37BN4O9/c1-17(2)15-22(29(41-16-24(36)37)42-25(38)14-13-23(35)30-4)32-28(40)26(18(3)34)33-27(39)21-12-8-11-20(31-21)19-9-6-5-7-10-19/h5-12,17-18,22,26,34H,13-16H2,1-4H3,(H,30,35)(H,32,40)(H,33,39)(H,36,37)/t18-,22+,26?/m1/s1. The van der Waals surface area contributed by atoms with Crippen molar-refractivity contribution < 1.29 is 43.5 Å². The van der Waals surface area contributed by atoms with Crippen molar-refractivity contribution in [2.75, 3.05) is 13.7 Å². The number of nitrogens with one attached hydrogen (secondary N) is 3. The second-order valence-corrected chi connectivity index (χ2v) is 9.95. The van der Waals surface area contributed by atoms with Gasteiger partial charge in [-0.1, -0.05) is 50.2 Å². The van der Waals surface area contributed by atoms with Gasteiger partial charge < -0.3 is 35.5 Å². The highest BCUT2D eigenvalue weighted by Crippen LogP contribution is 2.17. The van der Waals surface area contributed by atoms with Crippen molar-refractivity contribution in [3.05, 3.63) is 54.2 Å². The molecule has 0 saturated carbocycles. The summed E-state index contributed by atoms with van der Waals surface area (Å²) in [7, 11) is -0.118. The number of aromatic nitrogens is 1. The molecule has 0 aliphatic carbocycles. The van der Waals surface area contributed by atoms with Gasteiger partial charge in [-0.25, -0.2) is 9.78 Å². The van der Waals surface area contributed by atoms with Crippen molar-refractivity contribution in [2.45, 2.75) is 58.1 Å². The maximum Gasteiger partial charge on any atom is 0.551 e. The van der Waals surface area contributed by atoms with Crippen LogP contribution in [0.3, 0.4) is 0 Å². The molecular weight excluding hydrogens is 547 g/mol. The highest BCUT2D eigenvalue weighted by molar-refractivity contribution is 6.49. The molecule has 1 aromatic heterocycles. The van der Waals surface area contributed by atoms with E-state index >= 15 is 0 Å². The van der Waals surface area contributed by atoms with Crippen molar-refractivity contribution >= 4 is 36.8 Å². The summed E-state index contributed by atoms with van der Waals surface area (Å²) in [6.45, 7) is 4.12. The molecular formula is C28H37BN4O9. The fourth-order valence-electron chi connectivity index (χ4n) is 3.88. The van der Waals surface area contributed by atoms with Crippen LogP contribution in [0, 0.1) is 5.92 Å². The molecule has 1 aromatic carbocycles. The molecule has 3 atom stereocenters. The Morgan fingerprint density at radius 2 is 1.64 bits per heavy atom. The van der Waals surface area contributed by atoms with E-state index in [1.807, 2.05) is 44.2 Å². The van der Waals surface area contributed by atoms with Crippen LogP contribution in [0.2, 0.25) is 0 Å². The number of carboxylic acids is 1. The molecule has 13 nitrogen and oxygen atoms in total. The summed E-state index contributed by atoms with van der Waals surface area (Å²) in [4.78, 5) is 65.9. The number of aliphatic carboxylic acids is 1. The number of benzene rings is 1. The predicted molar refractivity (Wildman–Crippen MR) is 153 cm³/mol. The maximum absolute atomic E-state index is 13.3. The van der Waals surface area contributed by atoms with Crippen molar-refractivity contribution in [3.8, 4) is 11.3 Å². The van der Waals surface area contributed by atoms with Crippen LogP contribution < -0.4 is 16.0 Å². The van der Waals surface area contributed by atoms with Gasteiger partial charge >= 0.3 is 13.1 Å². The van der Waals surface area contributed by atoms with Gasteiger partial charge in [0.1, 0.15) is 18.3 Å². The van der Waals surface area contributed by atoms with E-state index in [1.54, 1.807) is 12.1 Å². The molecule has 3 amide bonds.